The molecule has 4 atom stereocenters. The van der Waals surface area contributed by atoms with Gasteiger partial charge in [-0.1, -0.05) is 0 Å². The van der Waals surface area contributed by atoms with Crippen molar-refractivity contribution in [2.45, 2.75) is 31.3 Å². The molecule has 8 heteroatoms. The fourth-order valence-corrected chi connectivity index (χ4v) is 3.30. The summed E-state index contributed by atoms with van der Waals surface area (Å²) in [5.41, 5.74) is 0.132. The van der Waals surface area contributed by atoms with Gasteiger partial charge in [-0.3, -0.25) is 0 Å². The van der Waals surface area contributed by atoms with Crippen molar-refractivity contribution < 1.29 is 28.8 Å². The van der Waals surface area contributed by atoms with E-state index < -0.39 is 36.0 Å². The van der Waals surface area contributed by atoms with Gasteiger partial charge in [0.15, 0.2) is 11.6 Å². The summed E-state index contributed by atoms with van der Waals surface area (Å²) >= 11 is 0. The summed E-state index contributed by atoms with van der Waals surface area (Å²) in [4.78, 5) is 3.10. The third-order valence-electron chi connectivity index (χ3n) is 4.78. The average Bonchev–Trinajstić information content (AvgIpc) is 2.57. The highest BCUT2D eigenvalue weighted by molar-refractivity contribution is 5.60. The van der Waals surface area contributed by atoms with E-state index in [0.717, 1.165) is 0 Å². The summed E-state index contributed by atoms with van der Waals surface area (Å²) in [5, 5.41) is 29.5. The molecule has 3 rings (SSSR count). The zero-order valence-corrected chi connectivity index (χ0v) is 13.4. The second-order valence-electron chi connectivity index (χ2n) is 6.30. The molecule has 1 aromatic rings. The van der Waals surface area contributed by atoms with Crippen molar-refractivity contribution in [2.24, 2.45) is 0 Å². The van der Waals surface area contributed by atoms with Crippen LogP contribution in [0.15, 0.2) is 12.1 Å². The first-order chi connectivity index (χ1) is 11.4. The minimum atomic E-state index is -1.34. The molecule has 1 aromatic carbocycles. The van der Waals surface area contributed by atoms with E-state index in [1.807, 2.05) is 4.90 Å². The van der Waals surface area contributed by atoms with Crippen molar-refractivity contribution in [3.63, 3.8) is 0 Å². The molecule has 0 unspecified atom stereocenters. The monoisotopic (exact) mass is 344 g/mol. The summed E-state index contributed by atoms with van der Waals surface area (Å²) in [6.07, 6.45) is -3.92. The molecule has 6 nitrogen and oxygen atoms in total. The third kappa shape index (κ3) is 3.06. The first-order valence-corrected chi connectivity index (χ1v) is 8.02. The minimum absolute atomic E-state index is 0.163. The van der Waals surface area contributed by atoms with Crippen molar-refractivity contribution in [2.75, 3.05) is 42.6 Å². The SMILES string of the molecule is C[C@@H]1[C@@H](O)[C@H](O)[C@@H](O)CN1c1c(F)cc(N2CCOCC2)cc1F. The number of aliphatic hydroxyl groups excluding tert-OH is 3. The second kappa shape index (κ2) is 6.79. The molecule has 0 saturated carbocycles. The summed E-state index contributed by atoms with van der Waals surface area (Å²) in [5.74, 6) is -1.53. The van der Waals surface area contributed by atoms with Crippen LogP contribution < -0.4 is 9.80 Å². The Morgan fingerprint density at radius 3 is 2.21 bits per heavy atom. The number of morpholine rings is 1. The molecule has 24 heavy (non-hydrogen) atoms. The van der Waals surface area contributed by atoms with Crippen LogP contribution in [0.3, 0.4) is 0 Å². The standard InChI is InChI=1S/C16H22F2N2O4/c1-9-15(22)16(23)13(21)8-20(9)14-11(17)6-10(7-12(14)18)19-2-4-24-5-3-19/h6-7,9,13,15-16,21-23H,2-5,8H2,1H3/t9-,13+,15-,16-/m1/s1. The average molecular weight is 344 g/mol. The zero-order valence-electron chi connectivity index (χ0n) is 13.4. The van der Waals surface area contributed by atoms with E-state index in [2.05, 4.69) is 0 Å². The van der Waals surface area contributed by atoms with Crippen LogP contribution in [0.25, 0.3) is 0 Å². The first kappa shape index (κ1) is 17.3. The maximum atomic E-state index is 14.6. The van der Waals surface area contributed by atoms with Crippen molar-refractivity contribution in [1.29, 1.82) is 0 Å². The van der Waals surface area contributed by atoms with Crippen LogP contribution in [0.2, 0.25) is 0 Å². The Morgan fingerprint density at radius 2 is 1.62 bits per heavy atom. The van der Waals surface area contributed by atoms with Gasteiger partial charge in [-0.05, 0) is 19.1 Å². The largest absolute Gasteiger partial charge is 0.388 e. The zero-order chi connectivity index (χ0) is 17.4. The number of nitrogens with zero attached hydrogens (tertiary/aromatic N) is 2. The number of hydrogen-bond donors (Lipinski definition) is 3. The lowest BCUT2D eigenvalue weighted by atomic mass is 9.94. The lowest BCUT2D eigenvalue weighted by molar-refractivity contribution is -0.0817. The van der Waals surface area contributed by atoms with Gasteiger partial charge in [-0.25, -0.2) is 8.78 Å². The number of hydrogen-bond acceptors (Lipinski definition) is 6. The van der Waals surface area contributed by atoms with Gasteiger partial charge in [0.25, 0.3) is 0 Å². The van der Waals surface area contributed by atoms with E-state index in [-0.39, 0.29) is 12.2 Å². The number of benzene rings is 1. The number of rotatable bonds is 2. The molecule has 2 fully saturated rings. The molecular formula is C16H22F2N2O4. The molecule has 0 spiro atoms. The van der Waals surface area contributed by atoms with E-state index in [0.29, 0.717) is 32.0 Å². The smallest absolute Gasteiger partial charge is 0.151 e. The van der Waals surface area contributed by atoms with Crippen LogP contribution >= 0.6 is 0 Å². The molecule has 0 bridgehead atoms. The summed E-state index contributed by atoms with van der Waals surface area (Å²) in [7, 11) is 0. The van der Waals surface area contributed by atoms with Crippen molar-refractivity contribution in [3.8, 4) is 0 Å². The molecule has 2 heterocycles. The third-order valence-corrected chi connectivity index (χ3v) is 4.78. The lowest BCUT2D eigenvalue weighted by Gasteiger charge is -2.43. The Morgan fingerprint density at radius 1 is 1.04 bits per heavy atom. The van der Waals surface area contributed by atoms with Crippen LogP contribution in [0.1, 0.15) is 6.92 Å². The number of halogens is 2. The Balaban J connectivity index is 1.91. The molecule has 2 aliphatic rings. The van der Waals surface area contributed by atoms with Crippen LogP contribution in [0.5, 0.6) is 0 Å². The van der Waals surface area contributed by atoms with Gasteiger partial charge in [0.1, 0.15) is 17.9 Å². The molecule has 0 aliphatic carbocycles. The van der Waals surface area contributed by atoms with Gasteiger partial charge in [-0.2, -0.15) is 0 Å². The normalized spacial score (nSPS) is 31.4. The summed E-state index contributed by atoms with van der Waals surface area (Å²) in [6, 6.07) is 1.77. The van der Waals surface area contributed by atoms with E-state index in [1.165, 1.54) is 17.0 Å². The molecule has 0 amide bonds. The number of ether oxygens (including phenoxy) is 1. The summed E-state index contributed by atoms with van der Waals surface area (Å²) in [6.45, 7) is 3.51. The van der Waals surface area contributed by atoms with Crippen molar-refractivity contribution in [1.82, 2.24) is 0 Å². The number of anilines is 2. The predicted octanol–water partition coefficient (Wildman–Crippen LogP) is 0.0926. The highest BCUT2D eigenvalue weighted by Crippen LogP contribution is 2.33. The second-order valence-corrected chi connectivity index (χ2v) is 6.30. The van der Waals surface area contributed by atoms with Gasteiger partial charge >= 0.3 is 0 Å². The Kier molecular flexibility index (Phi) is 4.91. The van der Waals surface area contributed by atoms with Crippen LogP contribution in [0.4, 0.5) is 20.2 Å². The van der Waals surface area contributed by atoms with Gasteiger partial charge in [-0.15, -0.1) is 0 Å². The quantitative estimate of drug-likeness (QED) is 0.706. The van der Waals surface area contributed by atoms with E-state index in [1.54, 1.807) is 6.92 Å². The fraction of sp³-hybridized carbons (Fsp3) is 0.625. The van der Waals surface area contributed by atoms with Crippen molar-refractivity contribution >= 4 is 11.4 Å². The first-order valence-electron chi connectivity index (χ1n) is 8.02. The molecule has 2 aliphatic heterocycles. The lowest BCUT2D eigenvalue weighted by Crippen LogP contribution is -2.60. The highest BCUT2D eigenvalue weighted by atomic mass is 19.1. The molecule has 3 N–H and O–H groups in total. The molecule has 2 saturated heterocycles. The van der Waals surface area contributed by atoms with Crippen LogP contribution in [-0.2, 0) is 4.74 Å². The van der Waals surface area contributed by atoms with Crippen molar-refractivity contribution in [3.05, 3.63) is 23.8 Å². The predicted molar refractivity (Wildman–Crippen MR) is 84.2 cm³/mol. The maximum absolute atomic E-state index is 14.6. The Labute approximate surface area is 138 Å². The van der Waals surface area contributed by atoms with E-state index in [4.69, 9.17) is 4.74 Å². The molecular weight excluding hydrogens is 322 g/mol. The highest BCUT2D eigenvalue weighted by Gasteiger charge is 2.40. The van der Waals surface area contributed by atoms with E-state index in [9.17, 15) is 24.1 Å². The topological polar surface area (TPSA) is 76.4 Å². The fourth-order valence-electron chi connectivity index (χ4n) is 3.30. The molecule has 0 aromatic heterocycles. The number of piperidine rings is 1. The molecule has 134 valence electrons. The van der Waals surface area contributed by atoms with E-state index >= 15 is 0 Å². The minimum Gasteiger partial charge on any atom is -0.388 e. The Hall–Kier alpha value is -1.48. The van der Waals surface area contributed by atoms with Gasteiger partial charge in [0.05, 0.1) is 25.4 Å². The maximum Gasteiger partial charge on any atom is 0.151 e. The van der Waals surface area contributed by atoms with Gasteiger partial charge in [0, 0.05) is 25.3 Å². The number of β-amino-alcohol motifs (C(OH)–C–C–N with tert-alkyl or cyclic N) is 1. The van der Waals surface area contributed by atoms with Crippen LogP contribution in [0, 0.1) is 11.6 Å². The van der Waals surface area contributed by atoms with Crippen LogP contribution in [-0.4, -0.2) is 72.5 Å². The van der Waals surface area contributed by atoms with Gasteiger partial charge in [0.2, 0.25) is 0 Å². The van der Waals surface area contributed by atoms with Gasteiger partial charge < -0.3 is 29.9 Å². The summed E-state index contributed by atoms with van der Waals surface area (Å²) < 4.78 is 34.5. The molecule has 0 radical (unpaired) electrons. The Bertz CT molecular complexity index is 574. The number of aliphatic hydroxyl groups is 3.